The zero-order chi connectivity index (χ0) is 12.5. The van der Waals surface area contributed by atoms with E-state index in [1.54, 1.807) is 24.3 Å². The zero-order valence-corrected chi connectivity index (χ0v) is 9.74. The minimum Gasteiger partial charge on any atom is -0.508 e. The summed E-state index contributed by atoms with van der Waals surface area (Å²) in [5.41, 5.74) is 3.25. The van der Waals surface area contributed by atoms with Crippen molar-refractivity contribution in [3.05, 3.63) is 59.8 Å². The van der Waals surface area contributed by atoms with Crippen LogP contribution in [-0.2, 0) is 6.54 Å². The highest BCUT2D eigenvalue weighted by atomic mass is 16.3. The number of hydrogen-bond donors (Lipinski definition) is 2. The molecular weight excluding hydrogens is 226 g/mol. The van der Waals surface area contributed by atoms with E-state index < -0.39 is 0 Å². The summed E-state index contributed by atoms with van der Waals surface area (Å²) in [6.45, 7) is 0.761. The molecule has 1 aliphatic heterocycles. The number of benzene rings is 2. The van der Waals surface area contributed by atoms with E-state index in [2.05, 4.69) is 4.90 Å². The fraction of sp³-hybridized carbons (Fsp3) is 0.0667. The Balaban J connectivity index is 1.92. The number of aromatic hydroxyl groups is 2. The van der Waals surface area contributed by atoms with Crippen molar-refractivity contribution in [1.82, 2.24) is 0 Å². The first kappa shape index (κ1) is 10.7. The molecule has 3 heteroatoms. The summed E-state index contributed by atoms with van der Waals surface area (Å²) in [6.07, 6.45) is 3.96. The molecular formula is C15H13NO2. The lowest BCUT2D eigenvalue weighted by Gasteiger charge is -2.25. The minimum atomic E-state index is 0.269. The monoisotopic (exact) mass is 239 g/mol. The molecule has 0 saturated carbocycles. The van der Waals surface area contributed by atoms with Gasteiger partial charge < -0.3 is 15.1 Å². The first-order valence-corrected chi connectivity index (χ1v) is 5.78. The molecule has 0 amide bonds. The van der Waals surface area contributed by atoms with E-state index in [1.165, 1.54) is 5.56 Å². The van der Waals surface area contributed by atoms with Crippen LogP contribution in [0.15, 0.2) is 48.7 Å². The summed E-state index contributed by atoms with van der Waals surface area (Å²) in [4.78, 5) is 2.10. The van der Waals surface area contributed by atoms with Crippen molar-refractivity contribution in [2.75, 3.05) is 4.90 Å². The second-order valence-corrected chi connectivity index (χ2v) is 4.34. The first-order valence-electron chi connectivity index (χ1n) is 5.78. The molecule has 90 valence electrons. The highest BCUT2D eigenvalue weighted by molar-refractivity contribution is 5.65. The Morgan fingerprint density at radius 3 is 2.39 bits per heavy atom. The van der Waals surface area contributed by atoms with E-state index in [0.717, 1.165) is 17.8 Å². The summed E-state index contributed by atoms with van der Waals surface area (Å²) < 4.78 is 0. The molecule has 1 heterocycles. The number of fused-ring (bicyclic) bond motifs is 1. The lowest BCUT2D eigenvalue weighted by Crippen LogP contribution is -2.18. The van der Waals surface area contributed by atoms with E-state index in [-0.39, 0.29) is 11.5 Å². The van der Waals surface area contributed by atoms with E-state index in [0.29, 0.717) is 0 Å². The van der Waals surface area contributed by atoms with Crippen molar-refractivity contribution in [1.29, 1.82) is 0 Å². The fourth-order valence-electron chi connectivity index (χ4n) is 2.11. The Bertz CT molecular complexity index is 602. The Kier molecular flexibility index (Phi) is 2.45. The normalized spacial score (nSPS) is 13.4. The maximum atomic E-state index is 9.43. The Morgan fingerprint density at radius 2 is 1.61 bits per heavy atom. The topological polar surface area (TPSA) is 43.7 Å². The van der Waals surface area contributed by atoms with Crippen LogP contribution in [0.2, 0.25) is 0 Å². The Morgan fingerprint density at radius 1 is 0.889 bits per heavy atom. The molecule has 3 nitrogen and oxygen atoms in total. The number of hydrogen-bond acceptors (Lipinski definition) is 3. The summed E-state index contributed by atoms with van der Waals surface area (Å²) >= 11 is 0. The molecule has 3 rings (SSSR count). The third kappa shape index (κ3) is 1.91. The zero-order valence-electron chi connectivity index (χ0n) is 9.74. The standard InChI is InChI=1S/C15H13NO2/c17-14-5-2-13(3-6-14)16-8-7-11-9-15(18)4-1-12(11)10-16/h1-9,17-18H,10H2. The van der Waals surface area contributed by atoms with Crippen LogP contribution >= 0.6 is 0 Å². The van der Waals surface area contributed by atoms with E-state index >= 15 is 0 Å². The van der Waals surface area contributed by atoms with Gasteiger partial charge in [0.25, 0.3) is 0 Å². The maximum Gasteiger partial charge on any atom is 0.116 e. The van der Waals surface area contributed by atoms with Gasteiger partial charge in [0.15, 0.2) is 0 Å². The number of rotatable bonds is 1. The van der Waals surface area contributed by atoms with Crippen molar-refractivity contribution in [3.63, 3.8) is 0 Å². The van der Waals surface area contributed by atoms with Gasteiger partial charge in [-0.3, -0.25) is 0 Å². The Labute approximate surface area is 105 Å². The molecule has 0 bridgehead atoms. The van der Waals surface area contributed by atoms with Crippen LogP contribution in [0.3, 0.4) is 0 Å². The van der Waals surface area contributed by atoms with Gasteiger partial charge in [0.2, 0.25) is 0 Å². The lowest BCUT2D eigenvalue weighted by atomic mass is 10.0. The van der Waals surface area contributed by atoms with Gasteiger partial charge in [0, 0.05) is 18.4 Å². The van der Waals surface area contributed by atoms with Gasteiger partial charge in [0.1, 0.15) is 11.5 Å². The van der Waals surface area contributed by atoms with Crippen LogP contribution in [-0.4, -0.2) is 10.2 Å². The minimum absolute atomic E-state index is 0.269. The molecule has 18 heavy (non-hydrogen) atoms. The molecule has 2 aromatic carbocycles. The highest BCUT2D eigenvalue weighted by Gasteiger charge is 2.12. The predicted octanol–water partition coefficient (Wildman–Crippen LogP) is 3.09. The molecule has 0 aliphatic carbocycles. The molecule has 2 aromatic rings. The quantitative estimate of drug-likeness (QED) is 0.803. The summed E-state index contributed by atoms with van der Waals surface area (Å²) in [5, 5.41) is 18.7. The molecule has 0 atom stereocenters. The predicted molar refractivity (Wildman–Crippen MR) is 71.4 cm³/mol. The van der Waals surface area contributed by atoms with E-state index in [4.69, 9.17) is 0 Å². The van der Waals surface area contributed by atoms with Crippen molar-refractivity contribution in [2.24, 2.45) is 0 Å². The molecule has 1 aliphatic rings. The summed E-state index contributed by atoms with van der Waals surface area (Å²) in [7, 11) is 0. The lowest BCUT2D eigenvalue weighted by molar-refractivity contribution is 0.474. The van der Waals surface area contributed by atoms with Gasteiger partial charge in [-0.2, -0.15) is 0 Å². The van der Waals surface area contributed by atoms with Crippen LogP contribution in [0.1, 0.15) is 11.1 Å². The molecule has 0 fully saturated rings. The first-order chi connectivity index (χ1) is 8.72. The van der Waals surface area contributed by atoms with E-state index in [9.17, 15) is 10.2 Å². The van der Waals surface area contributed by atoms with Crippen molar-refractivity contribution < 1.29 is 10.2 Å². The molecule has 0 unspecified atom stereocenters. The van der Waals surface area contributed by atoms with E-state index in [1.807, 2.05) is 30.5 Å². The van der Waals surface area contributed by atoms with Gasteiger partial charge in [-0.05, 0) is 53.6 Å². The van der Waals surface area contributed by atoms with Crippen molar-refractivity contribution in [2.45, 2.75) is 6.54 Å². The number of phenolic OH excluding ortho intramolecular Hbond substituents is 2. The highest BCUT2D eigenvalue weighted by Crippen LogP contribution is 2.28. The van der Waals surface area contributed by atoms with Crippen molar-refractivity contribution in [3.8, 4) is 11.5 Å². The summed E-state index contributed by atoms with van der Waals surface area (Å²) in [6, 6.07) is 12.5. The molecule has 0 spiro atoms. The molecule has 2 N–H and O–H groups in total. The number of anilines is 1. The third-order valence-corrected chi connectivity index (χ3v) is 3.09. The van der Waals surface area contributed by atoms with Crippen LogP contribution < -0.4 is 4.90 Å². The Hall–Kier alpha value is -2.42. The fourth-order valence-corrected chi connectivity index (χ4v) is 2.11. The van der Waals surface area contributed by atoms with Crippen LogP contribution in [0, 0.1) is 0 Å². The largest absolute Gasteiger partial charge is 0.508 e. The third-order valence-electron chi connectivity index (χ3n) is 3.09. The second kappa shape index (κ2) is 4.11. The van der Waals surface area contributed by atoms with Gasteiger partial charge in [-0.1, -0.05) is 6.07 Å². The van der Waals surface area contributed by atoms with Gasteiger partial charge in [-0.15, -0.1) is 0 Å². The second-order valence-electron chi connectivity index (χ2n) is 4.34. The van der Waals surface area contributed by atoms with Crippen LogP contribution in [0.25, 0.3) is 6.08 Å². The van der Waals surface area contributed by atoms with Crippen molar-refractivity contribution >= 4 is 11.8 Å². The number of phenols is 2. The molecule has 0 saturated heterocycles. The van der Waals surface area contributed by atoms with Gasteiger partial charge >= 0.3 is 0 Å². The SMILES string of the molecule is Oc1ccc(N2C=Cc3cc(O)ccc3C2)cc1. The van der Waals surface area contributed by atoms with Gasteiger partial charge in [-0.25, -0.2) is 0 Å². The summed E-state index contributed by atoms with van der Waals surface area (Å²) in [5.74, 6) is 0.557. The van der Waals surface area contributed by atoms with Crippen LogP contribution in [0.5, 0.6) is 11.5 Å². The average Bonchev–Trinajstić information content (AvgIpc) is 2.39. The maximum absolute atomic E-state index is 9.43. The molecule has 0 radical (unpaired) electrons. The average molecular weight is 239 g/mol. The smallest absolute Gasteiger partial charge is 0.116 e. The van der Waals surface area contributed by atoms with Gasteiger partial charge in [0.05, 0.1) is 0 Å². The van der Waals surface area contributed by atoms with Crippen LogP contribution in [0.4, 0.5) is 5.69 Å². The molecule has 0 aromatic heterocycles. The number of nitrogens with zero attached hydrogens (tertiary/aromatic N) is 1.